The number of nitrogens with zero attached hydrogens (tertiary/aromatic N) is 1. The van der Waals surface area contributed by atoms with Crippen molar-refractivity contribution < 1.29 is 8.42 Å². The molecule has 6 heteroatoms. The Kier molecular flexibility index (Phi) is 3.94. The van der Waals surface area contributed by atoms with Crippen LogP contribution in [0.3, 0.4) is 0 Å². The van der Waals surface area contributed by atoms with Crippen LogP contribution < -0.4 is 0 Å². The fourth-order valence-electron chi connectivity index (χ4n) is 1.13. The van der Waals surface area contributed by atoms with E-state index in [0.717, 1.165) is 11.3 Å². The van der Waals surface area contributed by atoms with Gasteiger partial charge in [-0.1, -0.05) is 25.4 Å². The van der Waals surface area contributed by atoms with Gasteiger partial charge in [-0.15, -0.1) is 11.3 Å². The Morgan fingerprint density at radius 3 is 2.29 bits per heavy atom. The van der Waals surface area contributed by atoms with E-state index in [-0.39, 0.29) is 0 Å². The van der Waals surface area contributed by atoms with Crippen LogP contribution in [0.5, 0.6) is 0 Å². The topological polar surface area (TPSA) is 37.4 Å². The van der Waals surface area contributed by atoms with E-state index in [1.807, 2.05) is 13.8 Å². The summed E-state index contributed by atoms with van der Waals surface area (Å²) in [5.41, 5.74) is 0. The second-order valence-corrected chi connectivity index (χ2v) is 6.53. The van der Waals surface area contributed by atoms with Gasteiger partial charge in [-0.25, -0.2) is 8.42 Å². The number of rotatable bonds is 4. The van der Waals surface area contributed by atoms with Gasteiger partial charge in [0, 0.05) is 13.1 Å². The molecule has 1 rings (SSSR count). The molecule has 0 saturated heterocycles. The largest absolute Gasteiger partial charge is 0.252 e. The summed E-state index contributed by atoms with van der Waals surface area (Å²) in [5.74, 6) is 0. The van der Waals surface area contributed by atoms with Gasteiger partial charge in [0.25, 0.3) is 10.0 Å². The van der Waals surface area contributed by atoms with Crippen molar-refractivity contribution in [2.45, 2.75) is 18.1 Å². The summed E-state index contributed by atoms with van der Waals surface area (Å²) in [6, 6.07) is 3.14. The third-order valence-electron chi connectivity index (χ3n) is 1.85. The quantitative estimate of drug-likeness (QED) is 0.827. The summed E-state index contributed by atoms with van der Waals surface area (Å²) in [5, 5.41) is 0. The lowest BCUT2D eigenvalue weighted by molar-refractivity contribution is 0.447. The molecule has 0 N–H and O–H groups in total. The highest BCUT2D eigenvalue weighted by molar-refractivity contribution is 7.91. The van der Waals surface area contributed by atoms with E-state index in [0.29, 0.717) is 21.6 Å². The smallest absolute Gasteiger partial charge is 0.206 e. The fraction of sp³-hybridized carbons (Fsp3) is 0.500. The van der Waals surface area contributed by atoms with E-state index in [9.17, 15) is 8.42 Å². The zero-order valence-electron chi connectivity index (χ0n) is 8.03. The van der Waals surface area contributed by atoms with Crippen LogP contribution in [0.1, 0.15) is 13.8 Å². The first-order chi connectivity index (χ1) is 6.52. The molecule has 0 aliphatic heterocycles. The maximum atomic E-state index is 11.9. The van der Waals surface area contributed by atoms with Crippen LogP contribution in [0, 0.1) is 0 Å². The summed E-state index contributed by atoms with van der Waals surface area (Å²) in [6.07, 6.45) is 0. The number of thiophene rings is 1. The van der Waals surface area contributed by atoms with E-state index in [2.05, 4.69) is 0 Å². The average Bonchev–Trinajstić information content (AvgIpc) is 2.54. The van der Waals surface area contributed by atoms with Crippen LogP contribution in [0.25, 0.3) is 0 Å². The van der Waals surface area contributed by atoms with Gasteiger partial charge in [0.15, 0.2) is 0 Å². The molecule has 1 aromatic heterocycles. The first-order valence-electron chi connectivity index (χ1n) is 4.27. The lowest BCUT2D eigenvalue weighted by atomic mass is 10.7. The lowest BCUT2D eigenvalue weighted by Gasteiger charge is -2.16. The number of halogens is 1. The predicted molar refractivity (Wildman–Crippen MR) is 59.4 cm³/mol. The molecule has 80 valence electrons. The molecule has 0 atom stereocenters. The third kappa shape index (κ3) is 2.28. The Bertz CT molecular complexity index is 395. The average molecular weight is 254 g/mol. The monoisotopic (exact) mass is 253 g/mol. The summed E-state index contributed by atoms with van der Waals surface area (Å²) >= 11 is 6.78. The van der Waals surface area contributed by atoms with E-state index in [1.54, 1.807) is 12.1 Å². The summed E-state index contributed by atoms with van der Waals surface area (Å²) < 4.78 is 26.0. The standard InChI is InChI=1S/C8H12ClNO2S2/c1-3-10(4-2)14(11,12)8-6-5-7(9)13-8/h5-6H,3-4H2,1-2H3. The zero-order chi connectivity index (χ0) is 10.8. The highest BCUT2D eigenvalue weighted by Crippen LogP contribution is 2.27. The molecule has 0 unspecified atom stereocenters. The van der Waals surface area contributed by atoms with Gasteiger partial charge < -0.3 is 0 Å². The van der Waals surface area contributed by atoms with Crippen molar-refractivity contribution >= 4 is 33.0 Å². The van der Waals surface area contributed by atoms with E-state index >= 15 is 0 Å². The highest BCUT2D eigenvalue weighted by atomic mass is 35.5. The minimum Gasteiger partial charge on any atom is -0.206 e. The van der Waals surface area contributed by atoms with Crippen LogP contribution in [0.15, 0.2) is 16.3 Å². The molecule has 0 bridgehead atoms. The van der Waals surface area contributed by atoms with Crippen molar-refractivity contribution in [1.82, 2.24) is 4.31 Å². The molecule has 0 spiro atoms. The molecular formula is C8H12ClNO2S2. The molecule has 3 nitrogen and oxygen atoms in total. The van der Waals surface area contributed by atoms with Gasteiger partial charge in [-0.05, 0) is 12.1 Å². The molecule has 0 aliphatic rings. The molecule has 0 aliphatic carbocycles. The van der Waals surface area contributed by atoms with Crippen LogP contribution >= 0.6 is 22.9 Å². The Hall–Kier alpha value is -0.100. The SMILES string of the molecule is CCN(CC)S(=O)(=O)c1ccc(Cl)s1. The lowest BCUT2D eigenvalue weighted by Crippen LogP contribution is -2.29. The molecule has 0 saturated carbocycles. The van der Waals surface area contributed by atoms with Gasteiger partial charge in [0.05, 0.1) is 4.34 Å². The predicted octanol–water partition coefficient (Wildman–Crippen LogP) is 2.43. The molecule has 0 amide bonds. The normalized spacial score (nSPS) is 12.3. The number of sulfonamides is 1. The first-order valence-corrected chi connectivity index (χ1v) is 6.91. The Morgan fingerprint density at radius 1 is 1.36 bits per heavy atom. The number of hydrogen-bond acceptors (Lipinski definition) is 3. The van der Waals surface area contributed by atoms with Gasteiger partial charge in [-0.2, -0.15) is 4.31 Å². The maximum absolute atomic E-state index is 11.9. The van der Waals surface area contributed by atoms with Gasteiger partial charge in [-0.3, -0.25) is 0 Å². The first kappa shape index (κ1) is 12.0. The molecule has 14 heavy (non-hydrogen) atoms. The molecule has 1 heterocycles. The molecule has 0 fully saturated rings. The van der Waals surface area contributed by atoms with Gasteiger partial charge in [0.1, 0.15) is 4.21 Å². The van der Waals surface area contributed by atoms with Gasteiger partial charge in [0.2, 0.25) is 0 Å². The van der Waals surface area contributed by atoms with Crippen molar-refractivity contribution in [2.24, 2.45) is 0 Å². The van der Waals surface area contributed by atoms with E-state index in [1.165, 1.54) is 4.31 Å². The maximum Gasteiger partial charge on any atom is 0.252 e. The number of hydrogen-bond donors (Lipinski definition) is 0. The molecule has 0 radical (unpaired) electrons. The van der Waals surface area contributed by atoms with Crippen LogP contribution in [0.4, 0.5) is 0 Å². The van der Waals surface area contributed by atoms with Crippen molar-refractivity contribution in [3.8, 4) is 0 Å². The van der Waals surface area contributed by atoms with Crippen molar-refractivity contribution in [3.63, 3.8) is 0 Å². The van der Waals surface area contributed by atoms with Crippen molar-refractivity contribution in [2.75, 3.05) is 13.1 Å². The second-order valence-electron chi connectivity index (χ2n) is 2.65. The zero-order valence-corrected chi connectivity index (χ0v) is 10.4. The van der Waals surface area contributed by atoms with Crippen molar-refractivity contribution in [3.05, 3.63) is 16.5 Å². The molecular weight excluding hydrogens is 242 g/mol. The Labute approximate surface area is 93.4 Å². The van der Waals surface area contributed by atoms with Gasteiger partial charge >= 0.3 is 0 Å². The Morgan fingerprint density at radius 2 is 1.93 bits per heavy atom. The molecule has 1 aromatic rings. The Balaban J connectivity index is 3.07. The fourth-order valence-corrected chi connectivity index (χ4v) is 4.22. The minimum absolute atomic E-state index is 0.311. The molecule has 0 aromatic carbocycles. The summed E-state index contributed by atoms with van der Waals surface area (Å²) in [7, 11) is -3.31. The summed E-state index contributed by atoms with van der Waals surface area (Å²) in [6.45, 7) is 4.59. The van der Waals surface area contributed by atoms with Crippen LogP contribution in [0.2, 0.25) is 4.34 Å². The van der Waals surface area contributed by atoms with E-state index < -0.39 is 10.0 Å². The highest BCUT2D eigenvalue weighted by Gasteiger charge is 2.22. The van der Waals surface area contributed by atoms with Crippen LogP contribution in [-0.4, -0.2) is 25.8 Å². The third-order valence-corrected chi connectivity index (χ3v) is 5.60. The summed E-state index contributed by atoms with van der Waals surface area (Å²) in [4.78, 5) is 0. The van der Waals surface area contributed by atoms with Crippen molar-refractivity contribution in [1.29, 1.82) is 0 Å². The second kappa shape index (κ2) is 4.61. The minimum atomic E-state index is -3.31. The van der Waals surface area contributed by atoms with Crippen LogP contribution in [-0.2, 0) is 10.0 Å². The van der Waals surface area contributed by atoms with E-state index in [4.69, 9.17) is 11.6 Å².